The highest BCUT2D eigenvalue weighted by molar-refractivity contribution is 6.21. The summed E-state index contributed by atoms with van der Waals surface area (Å²) in [4.78, 5) is 48.5. The normalized spacial score (nSPS) is 13.4. The van der Waals surface area contributed by atoms with Gasteiger partial charge in [0.05, 0.1) is 24.1 Å². The van der Waals surface area contributed by atoms with Crippen LogP contribution in [0.4, 0.5) is 4.79 Å². The topological polar surface area (TPSA) is 102 Å². The van der Waals surface area contributed by atoms with E-state index in [0.717, 1.165) is 4.90 Å². The Kier molecular flexibility index (Phi) is 5.97. The molecule has 0 bridgehead atoms. The average molecular weight is 362 g/mol. The molecule has 0 fully saturated rings. The second kappa shape index (κ2) is 7.99. The minimum atomic E-state index is -0.615. The van der Waals surface area contributed by atoms with Crippen LogP contribution < -0.4 is 5.32 Å². The predicted molar refractivity (Wildman–Crippen MR) is 91.6 cm³/mol. The summed E-state index contributed by atoms with van der Waals surface area (Å²) in [5.41, 5.74) is 0.0903. The van der Waals surface area contributed by atoms with E-state index in [4.69, 9.17) is 9.47 Å². The van der Waals surface area contributed by atoms with E-state index >= 15 is 0 Å². The van der Waals surface area contributed by atoms with E-state index in [1.54, 1.807) is 45.0 Å². The molecule has 0 unspecified atom stereocenters. The largest absolute Gasteiger partial charge is 0.464 e. The van der Waals surface area contributed by atoms with E-state index < -0.39 is 29.5 Å². The summed E-state index contributed by atoms with van der Waals surface area (Å²) >= 11 is 0. The first-order chi connectivity index (χ1) is 12.2. The number of hydrogen-bond donors (Lipinski definition) is 1. The number of benzene rings is 1. The van der Waals surface area contributed by atoms with E-state index in [1.807, 2.05) is 0 Å². The number of nitrogens with zero attached hydrogens (tertiary/aromatic N) is 1. The Hall–Kier alpha value is -2.90. The molecule has 0 radical (unpaired) electrons. The highest BCUT2D eigenvalue weighted by Crippen LogP contribution is 2.21. The Morgan fingerprint density at radius 2 is 1.65 bits per heavy atom. The summed E-state index contributed by atoms with van der Waals surface area (Å²) in [7, 11) is 0. The number of carbonyl (C=O) groups excluding carboxylic acids is 4. The van der Waals surface area contributed by atoms with Gasteiger partial charge in [0.2, 0.25) is 0 Å². The zero-order chi connectivity index (χ0) is 19.3. The summed E-state index contributed by atoms with van der Waals surface area (Å²) < 4.78 is 10.0. The third-order valence-corrected chi connectivity index (χ3v) is 3.45. The maximum atomic E-state index is 12.1. The van der Waals surface area contributed by atoms with Crippen molar-refractivity contribution in [3.8, 4) is 0 Å². The quantitative estimate of drug-likeness (QED) is 0.611. The lowest BCUT2D eigenvalue weighted by atomic mass is 10.1. The first-order valence-electron chi connectivity index (χ1n) is 8.27. The molecule has 1 N–H and O–H groups in total. The molecule has 0 saturated heterocycles. The fourth-order valence-electron chi connectivity index (χ4n) is 2.35. The Labute approximate surface area is 151 Å². The SMILES string of the molecule is CC(C)(C)OC(=O)NCCC(=O)OCCN1C(=O)c2ccccc2C1=O. The van der Waals surface area contributed by atoms with Gasteiger partial charge in [0, 0.05) is 6.54 Å². The van der Waals surface area contributed by atoms with Crippen LogP contribution in [0.25, 0.3) is 0 Å². The maximum Gasteiger partial charge on any atom is 0.407 e. The van der Waals surface area contributed by atoms with Crippen LogP contribution in [-0.4, -0.2) is 54.1 Å². The summed E-state index contributed by atoms with van der Waals surface area (Å²) in [6.07, 6.45) is -0.655. The molecule has 1 aliphatic heterocycles. The van der Waals surface area contributed by atoms with Crippen LogP contribution in [0.5, 0.6) is 0 Å². The van der Waals surface area contributed by atoms with Crippen molar-refractivity contribution in [1.82, 2.24) is 10.2 Å². The molecule has 0 atom stereocenters. The van der Waals surface area contributed by atoms with Gasteiger partial charge in [-0.25, -0.2) is 4.79 Å². The second-order valence-electron chi connectivity index (χ2n) is 6.71. The van der Waals surface area contributed by atoms with E-state index in [0.29, 0.717) is 11.1 Å². The molecule has 26 heavy (non-hydrogen) atoms. The number of esters is 1. The molecule has 8 heteroatoms. The molecule has 2 rings (SSSR count). The average Bonchev–Trinajstić information content (AvgIpc) is 2.78. The Bertz CT molecular complexity index is 688. The van der Waals surface area contributed by atoms with Crippen LogP contribution in [0.3, 0.4) is 0 Å². The summed E-state index contributed by atoms with van der Waals surface area (Å²) in [5, 5.41) is 2.45. The van der Waals surface area contributed by atoms with E-state index in [1.165, 1.54) is 0 Å². The van der Waals surface area contributed by atoms with E-state index in [-0.39, 0.29) is 26.1 Å². The Morgan fingerprint density at radius 3 is 2.19 bits per heavy atom. The fraction of sp³-hybridized carbons (Fsp3) is 0.444. The van der Waals surface area contributed by atoms with Gasteiger partial charge in [0.1, 0.15) is 12.2 Å². The molecule has 140 valence electrons. The summed E-state index contributed by atoms with van der Waals surface area (Å²) in [5.74, 6) is -1.33. The van der Waals surface area contributed by atoms with E-state index in [9.17, 15) is 19.2 Å². The minimum Gasteiger partial charge on any atom is -0.464 e. The van der Waals surface area contributed by atoms with Crippen LogP contribution >= 0.6 is 0 Å². The molecule has 1 heterocycles. The molecule has 1 aromatic carbocycles. The highest BCUT2D eigenvalue weighted by atomic mass is 16.6. The zero-order valence-electron chi connectivity index (χ0n) is 15.0. The third-order valence-electron chi connectivity index (χ3n) is 3.45. The zero-order valence-corrected chi connectivity index (χ0v) is 15.0. The van der Waals surface area contributed by atoms with Gasteiger partial charge in [-0.05, 0) is 32.9 Å². The van der Waals surface area contributed by atoms with Crippen LogP contribution in [0, 0.1) is 0 Å². The first-order valence-corrected chi connectivity index (χ1v) is 8.27. The van der Waals surface area contributed by atoms with Crippen molar-refractivity contribution >= 4 is 23.9 Å². The van der Waals surface area contributed by atoms with Crippen LogP contribution in [-0.2, 0) is 14.3 Å². The third kappa shape index (κ3) is 5.05. The maximum absolute atomic E-state index is 12.1. The number of ether oxygens (including phenoxy) is 2. The molecular formula is C18H22N2O6. The van der Waals surface area contributed by atoms with Gasteiger partial charge in [-0.2, -0.15) is 0 Å². The summed E-state index contributed by atoms with van der Waals surface area (Å²) in [6.45, 7) is 5.16. The molecule has 0 saturated carbocycles. The molecular weight excluding hydrogens is 340 g/mol. The summed E-state index contributed by atoms with van der Waals surface area (Å²) in [6, 6.07) is 6.55. The van der Waals surface area contributed by atoms with Gasteiger partial charge < -0.3 is 14.8 Å². The molecule has 0 aliphatic carbocycles. The number of imide groups is 1. The number of carbonyl (C=O) groups is 4. The number of alkyl carbamates (subject to hydrolysis) is 1. The number of hydrogen-bond acceptors (Lipinski definition) is 6. The molecule has 0 spiro atoms. The first kappa shape index (κ1) is 19.4. The van der Waals surface area contributed by atoms with Gasteiger partial charge in [-0.3, -0.25) is 19.3 Å². The standard InChI is InChI=1S/C18H22N2O6/c1-18(2,3)26-17(24)19-9-8-14(21)25-11-10-20-15(22)12-6-4-5-7-13(12)16(20)23/h4-7H,8-11H2,1-3H3,(H,19,24). The van der Waals surface area contributed by atoms with Gasteiger partial charge in [0.15, 0.2) is 0 Å². The predicted octanol–water partition coefficient (Wildman–Crippen LogP) is 1.74. The van der Waals surface area contributed by atoms with Crippen molar-refractivity contribution in [2.45, 2.75) is 32.8 Å². The Morgan fingerprint density at radius 1 is 1.08 bits per heavy atom. The van der Waals surface area contributed by atoms with Gasteiger partial charge in [-0.15, -0.1) is 0 Å². The Balaban J connectivity index is 1.69. The molecule has 1 aliphatic rings. The fourth-order valence-corrected chi connectivity index (χ4v) is 2.35. The van der Waals surface area contributed by atoms with Crippen LogP contribution in [0.15, 0.2) is 24.3 Å². The smallest absolute Gasteiger partial charge is 0.407 e. The van der Waals surface area contributed by atoms with Crippen molar-refractivity contribution in [1.29, 1.82) is 0 Å². The molecule has 8 nitrogen and oxygen atoms in total. The highest BCUT2D eigenvalue weighted by Gasteiger charge is 2.34. The molecule has 0 aromatic heterocycles. The van der Waals surface area contributed by atoms with Crippen molar-refractivity contribution in [3.63, 3.8) is 0 Å². The monoisotopic (exact) mass is 362 g/mol. The van der Waals surface area contributed by atoms with Gasteiger partial charge in [0.25, 0.3) is 11.8 Å². The molecule has 3 amide bonds. The lowest BCUT2D eigenvalue weighted by Gasteiger charge is -2.19. The van der Waals surface area contributed by atoms with Crippen LogP contribution in [0.1, 0.15) is 47.9 Å². The van der Waals surface area contributed by atoms with Gasteiger partial charge >= 0.3 is 12.1 Å². The molecule has 1 aromatic rings. The number of rotatable bonds is 6. The van der Waals surface area contributed by atoms with Crippen molar-refractivity contribution in [2.24, 2.45) is 0 Å². The number of amides is 3. The van der Waals surface area contributed by atoms with Crippen LogP contribution in [0.2, 0.25) is 0 Å². The lowest BCUT2D eigenvalue weighted by molar-refractivity contribution is -0.143. The van der Waals surface area contributed by atoms with Crippen molar-refractivity contribution in [2.75, 3.05) is 19.7 Å². The number of fused-ring (bicyclic) bond motifs is 1. The van der Waals surface area contributed by atoms with Gasteiger partial charge in [-0.1, -0.05) is 12.1 Å². The number of nitrogens with one attached hydrogen (secondary N) is 1. The van der Waals surface area contributed by atoms with E-state index in [2.05, 4.69) is 5.32 Å². The van der Waals surface area contributed by atoms with Crippen molar-refractivity contribution in [3.05, 3.63) is 35.4 Å². The second-order valence-corrected chi connectivity index (χ2v) is 6.71. The van der Waals surface area contributed by atoms with Crippen molar-refractivity contribution < 1.29 is 28.7 Å². The minimum absolute atomic E-state index is 0.0163. The lowest BCUT2D eigenvalue weighted by Crippen LogP contribution is -2.35.